The van der Waals surface area contributed by atoms with Crippen LogP contribution in [-0.2, 0) is 0 Å². The van der Waals surface area contributed by atoms with E-state index in [1.54, 1.807) is 0 Å². The SMILES string of the molecule is CNc1cc(C)ccc1C(=O)NCC(C)C. The molecule has 0 heterocycles. The molecule has 0 aliphatic rings. The topological polar surface area (TPSA) is 41.1 Å². The maximum Gasteiger partial charge on any atom is 0.253 e. The maximum atomic E-state index is 11.9. The van der Waals surface area contributed by atoms with Gasteiger partial charge in [0.2, 0.25) is 0 Å². The number of anilines is 1. The van der Waals surface area contributed by atoms with Crippen molar-refractivity contribution in [3.8, 4) is 0 Å². The Morgan fingerprint density at radius 2 is 2.06 bits per heavy atom. The molecule has 1 amide bonds. The largest absolute Gasteiger partial charge is 0.387 e. The normalized spacial score (nSPS) is 10.3. The summed E-state index contributed by atoms with van der Waals surface area (Å²) in [6, 6.07) is 5.78. The molecule has 1 aromatic carbocycles. The van der Waals surface area contributed by atoms with Gasteiger partial charge in [0.25, 0.3) is 5.91 Å². The highest BCUT2D eigenvalue weighted by Gasteiger charge is 2.10. The van der Waals surface area contributed by atoms with Gasteiger partial charge in [-0.25, -0.2) is 0 Å². The van der Waals surface area contributed by atoms with Gasteiger partial charge in [-0.15, -0.1) is 0 Å². The van der Waals surface area contributed by atoms with Crippen LogP contribution in [0.1, 0.15) is 29.8 Å². The molecular weight excluding hydrogens is 200 g/mol. The molecule has 3 nitrogen and oxygen atoms in total. The molecule has 0 aliphatic heterocycles. The quantitative estimate of drug-likeness (QED) is 0.818. The zero-order valence-electron chi connectivity index (χ0n) is 10.4. The van der Waals surface area contributed by atoms with Gasteiger partial charge in [0.1, 0.15) is 0 Å². The molecule has 0 radical (unpaired) electrons. The van der Waals surface area contributed by atoms with E-state index in [0.29, 0.717) is 18.0 Å². The van der Waals surface area contributed by atoms with Crippen LogP contribution in [0, 0.1) is 12.8 Å². The van der Waals surface area contributed by atoms with Crippen LogP contribution in [-0.4, -0.2) is 19.5 Å². The number of hydrogen-bond acceptors (Lipinski definition) is 2. The summed E-state index contributed by atoms with van der Waals surface area (Å²) >= 11 is 0. The first-order chi connectivity index (χ1) is 7.54. The van der Waals surface area contributed by atoms with Gasteiger partial charge in [0.15, 0.2) is 0 Å². The molecule has 0 saturated carbocycles. The third-order valence-electron chi connectivity index (χ3n) is 2.36. The van der Waals surface area contributed by atoms with Crippen molar-refractivity contribution in [3.63, 3.8) is 0 Å². The van der Waals surface area contributed by atoms with Crippen LogP contribution in [0.4, 0.5) is 5.69 Å². The van der Waals surface area contributed by atoms with E-state index in [1.807, 2.05) is 32.2 Å². The van der Waals surface area contributed by atoms with Crippen LogP contribution < -0.4 is 10.6 Å². The molecule has 2 N–H and O–H groups in total. The fourth-order valence-electron chi connectivity index (χ4n) is 1.45. The molecule has 88 valence electrons. The van der Waals surface area contributed by atoms with E-state index in [-0.39, 0.29) is 5.91 Å². The van der Waals surface area contributed by atoms with Gasteiger partial charge in [0, 0.05) is 19.3 Å². The maximum absolute atomic E-state index is 11.9. The van der Waals surface area contributed by atoms with Gasteiger partial charge in [0.05, 0.1) is 5.56 Å². The van der Waals surface area contributed by atoms with E-state index in [9.17, 15) is 4.79 Å². The lowest BCUT2D eigenvalue weighted by molar-refractivity contribution is 0.0950. The van der Waals surface area contributed by atoms with Gasteiger partial charge in [-0.1, -0.05) is 19.9 Å². The second kappa shape index (κ2) is 5.54. The van der Waals surface area contributed by atoms with E-state index in [4.69, 9.17) is 0 Å². The van der Waals surface area contributed by atoms with Crippen LogP contribution >= 0.6 is 0 Å². The Morgan fingerprint density at radius 1 is 1.38 bits per heavy atom. The standard InChI is InChI=1S/C13H20N2O/c1-9(2)8-15-13(16)11-6-5-10(3)7-12(11)14-4/h5-7,9,14H,8H2,1-4H3,(H,15,16). The molecule has 0 atom stereocenters. The fraction of sp³-hybridized carbons (Fsp3) is 0.462. The lowest BCUT2D eigenvalue weighted by Gasteiger charge is -2.11. The predicted molar refractivity (Wildman–Crippen MR) is 67.9 cm³/mol. The first kappa shape index (κ1) is 12.6. The van der Waals surface area contributed by atoms with Crippen LogP contribution in [0.15, 0.2) is 18.2 Å². The molecular formula is C13H20N2O. The van der Waals surface area contributed by atoms with E-state index < -0.39 is 0 Å². The molecule has 0 bridgehead atoms. The van der Waals surface area contributed by atoms with Gasteiger partial charge in [-0.05, 0) is 30.5 Å². The van der Waals surface area contributed by atoms with Crippen molar-refractivity contribution in [2.75, 3.05) is 18.9 Å². The summed E-state index contributed by atoms with van der Waals surface area (Å²) in [6.07, 6.45) is 0. The van der Waals surface area contributed by atoms with E-state index in [0.717, 1.165) is 11.3 Å². The summed E-state index contributed by atoms with van der Waals surface area (Å²) in [6.45, 7) is 6.87. The number of aryl methyl sites for hydroxylation is 1. The summed E-state index contributed by atoms with van der Waals surface area (Å²) < 4.78 is 0. The van der Waals surface area contributed by atoms with Crippen molar-refractivity contribution in [2.24, 2.45) is 5.92 Å². The van der Waals surface area contributed by atoms with E-state index >= 15 is 0 Å². The molecule has 0 aromatic heterocycles. The lowest BCUT2D eigenvalue weighted by atomic mass is 10.1. The van der Waals surface area contributed by atoms with Crippen molar-refractivity contribution in [1.82, 2.24) is 5.32 Å². The molecule has 16 heavy (non-hydrogen) atoms. The van der Waals surface area contributed by atoms with Crippen molar-refractivity contribution in [3.05, 3.63) is 29.3 Å². The minimum atomic E-state index is -0.0157. The molecule has 0 spiro atoms. The molecule has 0 fully saturated rings. The average molecular weight is 220 g/mol. The summed E-state index contributed by atoms with van der Waals surface area (Å²) in [5.41, 5.74) is 2.72. The van der Waals surface area contributed by atoms with Crippen LogP contribution in [0.25, 0.3) is 0 Å². The summed E-state index contributed by atoms with van der Waals surface area (Å²) in [5, 5.41) is 5.96. The Hall–Kier alpha value is -1.51. The first-order valence-corrected chi connectivity index (χ1v) is 5.61. The smallest absolute Gasteiger partial charge is 0.253 e. The average Bonchev–Trinajstić information content (AvgIpc) is 2.25. The Labute approximate surface area is 97.2 Å². The predicted octanol–water partition coefficient (Wildman–Crippen LogP) is 2.42. The van der Waals surface area contributed by atoms with Gasteiger partial charge < -0.3 is 10.6 Å². The number of benzene rings is 1. The van der Waals surface area contributed by atoms with Crippen molar-refractivity contribution < 1.29 is 4.79 Å². The fourth-order valence-corrected chi connectivity index (χ4v) is 1.45. The minimum Gasteiger partial charge on any atom is -0.387 e. The first-order valence-electron chi connectivity index (χ1n) is 5.61. The second-order valence-electron chi connectivity index (χ2n) is 4.40. The highest BCUT2D eigenvalue weighted by atomic mass is 16.1. The summed E-state index contributed by atoms with van der Waals surface area (Å²) in [7, 11) is 1.83. The number of carbonyl (C=O) groups is 1. The van der Waals surface area contributed by atoms with Crippen LogP contribution in [0.2, 0.25) is 0 Å². The van der Waals surface area contributed by atoms with Crippen molar-refractivity contribution in [1.29, 1.82) is 0 Å². The third kappa shape index (κ3) is 3.26. The highest BCUT2D eigenvalue weighted by molar-refractivity contribution is 5.99. The van der Waals surface area contributed by atoms with Crippen LogP contribution in [0.3, 0.4) is 0 Å². The number of rotatable bonds is 4. The molecule has 3 heteroatoms. The zero-order valence-corrected chi connectivity index (χ0v) is 10.4. The van der Waals surface area contributed by atoms with Crippen LogP contribution in [0.5, 0.6) is 0 Å². The second-order valence-corrected chi connectivity index (χ2v) is 4.40. The molecule has 1 rings (SSSR count). The Bertz CT molecular complexity index is 372. The van der Waals surface area contributed by atoms with Gasteiger partial charge in [-0.2, -0.15) is 0 Å². The number of hydrogen-bond donors (Lipinski definition) is 2. The third-order valence-corrected chi connectivity index (χ3v) is 2.36. The lowest BCUT2D eigenvalue weighted by Crippen LogP contribution is -2.27. The minimum absolute atomic E-state index is 0.0157. The van der Waals surface area contributed by atoms with Gasteiger partial charge >= 0.3 is 0 Å². The molecule has 1 aromatic rings. The Morgan fingerprint density at radius 3 is 2.62 bits per heavy atom. The van der Waals surface area contributed by atoms with Crippen molar-refractivity contribution in [2.45, 2.75) is 20.8 Å². The Kier molecular flexibility index (Phi) is 4.35. The molecule has 0 saturated heterocycles. The highest BCUT2D eigenvalue weighted by Crippen LogP contribution is 2.16. The molecule has 0 unspecified atom stereocenters. The van der Waals surface area contributed by atoms with Gasteiger partial charge in [-0.3, -0.25) is 4.79 Å². The number of nitrogens with one attached hydrogen (secondary N) is 2. The molecule has 0 aliphatic carbocycles. The summed E-state index contributed by atoms with van der Waals surface area (Å²) in [4.78, 5) is 11.9. The Balaban J connectivity index is 2.82. The monoisotopic (exact) mass is 220 g/mol. The van der Waals surface area contributed by atoms with E-state index in [1.165, 1.54) is 0 Å². The zero-order chi connectivity index (χ0) is 12.1. The van der Waals surface area contributed by atoms with Crippen molar-refractivity contribution >= 4 is 11.6 Å². The number of carbonyl (C=O) groups excluding carboxylic acids is 1. The number of amides is 1. The van der Waals surface area contributed by atoms with E-state index in [2.05, 4.69) is 24.5 Å². The summed E-state index contributed by atoms with van der Waals surface area (Å²) in [5.74, 6) is 0.450.